The molecule has 0 bridgehead atoms. The first-order valence-corrected chi connectivity index (χ1v) is 8.50. The zero-order valence-electron chi connectivity index (χ0n) is 14.7. The van der Waals surface area contributed by atoms with Crippen LogP contribution in [0.2, 0.25) is 0 Å². The molecule has 25 heavy (non-hydrogen) atoms. The maximum absolute atomic E-state index is 11.9. The SMILES string of the molecule is CCCOc1ccc(CCC(=O)NCCc2ccc(N)cc2)cc1.Cl. The second kappa shape index (κ2) is 11.4. The minimum atomic E-state index is 0. The molecule has 2 aromatic carbocycles. The van der Waals surface area contributed by atoms with Crippen LogP contribution in [0.4, 0.5) is 5.69 Å². The Kier molecular flexibility index (Phi) is 9.48. The number of hydrogen-bond acceptors (Lipinski definition) is 3. The fourth-order valence-corrected chi connectivity index (χ4v) is 2.35. The lowest BCUT2D eigenvalue weighted by atomic mass is 10.1. The lowest BCUT2D eigenvalue weighted by Crippen LogP contribution is -2.25. The Hall–Kier alpha value is -2.20. The van der Waals surface area contributed by atoms with E-state index in [9.17, 15) is 4.79 Å². The van der Waals surface area contributed by atoms with Gasteiger partial charge in [0.1, 0.15) is 5.75 Å². The Labute approximate surface area is 156 Å². The third-order valence-corrected chi connectivity index (χ3v) is 3.75. The molecule has 0 aliphatic heterocycles. The number of nitrogen functional groups attached to an aromatic ring is 1. The summed E-state index contributed by atoms with van der Waals surface area (Å²) in [5.41, 5.74) is 8.73. The van der Waals surface area contributed by atoms with E-state index in [2.05, 4.69) is 12.2 Å². The van der Waals surface area contributed by atoms with Gasteiger partial charge in [0.15, 0.2) is 0 Å². The number of ether oxygens (including phenoxy) is 1. The van der Waals surface area contributed by atoms with Gasteiger partial charge in [-0.3, -0.25) is 4.79 Å². The molecule has 0 heterocycles. The lowest BCUT2D eigenvalue weighted by Gasteiger charge is -2.07. The van der Waals surface area contributed by atoms with Crippen LogP contribution in [0, 0.1) is 0 Å². The van der Waals surface area contributed by atoms with Gasteiger partial charge in [-0.05, 0) is 54.7 Å². The van der Waals surface area contributed by atoms with Crippen molar-refractivity contribution in [2.24, 2.45) is 0 Å². The summed E-state index contributed by atoms with van der Waals surface area (Å²) in [5.74, 6) is 0.963. The molecule has 2 aromatic rings. The normalized spacial score (nSPS) is 9.96. The second-order valence-electron chi connectivity index (χ2n) is 5.83. The minimum absolute atomic E-state index is 0. The van der Waals surface area contributed by atoms with E-state index < -0.39 is 0 Å². The lowest BCUT2D eigenvalue weighted by molar-refractivity contribution is -0.121. The van der Waals surface area contributed by atoms with E-state index >= 15 is 0 Å². The molecule has 4 nitrogen and oxygen atoms in total. The molecule has 0 aliphatic rings. The molecule has 0 unspecified atom stereocenters. The number of rotatable bonds is 9. The van der Waals surface area contributed by atoms with Gasteiger partial charge in [-0.25, -0.2) is 0 Å². The molecule has 0 atom stereocenters. The van der Waals surface area contributed by atoms with Crippen molar-refractivity contribution in [1.82, 2.24) is 5.32 Å². The number of amides is 1. The van der Waals surface area contributed by atoms with Crippen molar-refractivity contribution in [3.63, 3.8) is 0 Å². The monoisotopic (exact) mass is 362 g/mol. The van der Waals surface area contributed by atoms with Gasteiger partial charge in [-0.15, -0.1) is 12.4 Å². The van der Waals surface area contributed by atoms with Crippen molar-refractivity contribution in [2.45, 2.75) is 32.6 Å². The number of carbonyl (C=O) groups is 1. The predicted octanol–water partition coefficient (Wildman–Crippen LogP) is 3.77. The highest BCUT2D eigenvalue weighted by molar-refractivity contribution is 5.85. The van der Waals surface area contributed by atoms with Gasteiger partial charge in [-0.2, -0.15) is 0 Å². The summed E-state index contributed by atoms with van der Waals surface area (Å²) >= 11 is 0. The molecule has 0 fully saturated rings. The van der Waals surface area contributed by atoms with Gasteiger partial charge in [0, 0.05) is 18.7 Å². The fraction of sp³-hybridized carbons (Fsp3) is 0.350. The van der Waals surface area contributed by atoms with Crippen molar-refractivity contribution in [1.29, 1.82) is 0 Å². The highest BCUT2D eigenvalue weighted by atomic mass is 35.5. The van der Waals surface area contributed by atoms with Gasteiger partial charge in [0.2, 0.25) is 5.91 Å². The number of anilines is 1. The molecule has 2 rings (SSSR count). The summed E-state index contributed by atoms with van der Waals surface area (Å²) in [5, 5.41) is 2.96. The molecule has 0 aliphatic carbocycles. The Balaban J connectivity index is 0.00000312. The van der Waals surface area contributed by atoms with Gasteiger partial charge in [0.25, 0.3) is 0 Å². The van der Waals surface area contributed by atoms with Crippen LogP contribution in [0.3, 0.4) is 0 Å². The van der Waals surface area contributed by atoms with Gasteiger partial charge >= 0.3 is 0 Å². The number of hydrogen-bond donors (Lipinski definition) is 2. The number of halogens is 1. The zero-order chi connectivity index (χ0) is 17.2. The van der Waals surface area contributed by atoms with Crippen molar-refractivity contribution in [3.8, 4) is 5.75 Å². The minimum Gasteiger partial charge on any atom is -0.494 e. The molecule has 5 heteroatoms. The summed E-state index contributed by atoms with van der Waals surface area (Å²) in [6.07, 6.45) is 3.05. The van der Waals surface area contributed by atoms with E-state index in [1.807, 2.05) is 48.5 Å². The third kappa shape index (κ3) is 7.94. The van der Waals surface area contributed by atoms with Crippen LogP contribution in [0.15, 0.2) is 48.5 Å². The van der Waals surface area contributed by atoms with E-state index in [4.69, 9.17) is 10.5 Å². The molecule has 0 spiro atoms. The summed E-state index contributed by atoms with van der Waals surface area (Å²) in [6.45, 7) is 3.46. The Bertz CT molecular complexity index is 627. The molecule has 0 aromatic heterocycles. The quantitative estimate of drug-likeness (QED) is 0.667. The number of nitrogens with one attached hydrogen (secondary N) is 1. The maximum atomic E-state index is 11.9. The number of nitrogens with two attached hydrogens (primary N) is 1. The van der Waals surface area contributed by atoms with Crippen LogP contribution in [0.1, 0.15) is 30.9 Å². The van der Waals surface area contributed by atoms with Gasteiger partial charge < -0.3 is 15.8 Å². The highest BCUT2D eigenvalue weighted by Gasteiger charge is 2.03. The number of benzene rings is 2. The average Bonchev–Trinajstić information content (AvgIpc) is 2.61. The molecule has 1 amide bonds. The largest absolute Gasteiger partial charge is 0.494 e. The van der Waals surface area contributed by atoms with Crippen LogP contribution in [0.25, 0.3) is 0 Å². The molecule has 136 valence electrons. The standard InChI is InChI=1S/C20H26N2O2.ClH/c1-2-15-24-19-10-5-16(6-11-19)7-12-20(23)22-14-13-17-3-8-18(21)9-4-17;/h3-6,8-11H,2,7,12-15,21H2,1H3,(H,22,23);1H. The summed E-state index contributed by atoms with van der Waals surface area (Å²) < 4.78 is 5.55. The van der Waals surface area contributed by atoms with Gasteiger partial charge in [-0.1, -0.05) is 31.2 Å². The molecular formula is C20H27ClN2O2. The van der Waals surface area contributed by atoms with Crippen LogP contribution in [-0.4, -0.2) is 19.1 Å². The van der Waals surface area contributed by atoms with Crippen LogP contribution >= 0.6 is 12.4 Å². The summed E-state index contributed by atoms with van der Waals surface area (Å²) in [7, 11) is 0. The average molecular weight is 363 g/mol. The highest BCUT2D eigenvalue weighted by Crippen LogP contribution is 2.13. The van der Waals surface area contributed by atoms with E-state index in [1.54, 1.807) is 0 Å². The van der Waals surface area contributed by atoms with Crippen molar-refractivity contribution >= 4 is 24.0 Å². The van der Waals surface area contributed by atoms with Crippen molar-refractivity contribution < 1.29 is 9.53 Å². The van der Waals surface area contributed by atoms with E-state index in [0.29, 0.717) is 13.0 Å². The third-order valence-electron chi connectivity index (χ3n) is 3.75. The van der Waals surface area contributed by atoms with Crippen LogP contribution in [-0.2, 0) is 17.6 Å². The summed E-state index contributed by atoms with van der Waals surface area (Å²) in [4.78, 5) is 11.9. The van der Waals surface area contributed by atoms with E-state index in [0.717, 1.165) is 42.9 Å². The Morgan fingerprint density at radius 2 is 1.60 bits per heavy atom. The Morgan fingerprint density at radius 3 is 2.24 bits per heavy atom. The van der Waals surface area contributed by atoms with Gasteiger partial charge in [0.05, 0.1) is 6.61 Å². The fourth-order valence-electron chi connectivity index (χ4n) is 2.35. The molecule has 0 radical (unpaired) electrons. The van der Waals surface area contributed by atoms with Crippen molar-refractivity contribution in [2.75, 3.05) is 18.9 Å². The first-order chi connectivity index (χ1) is 11.7. The molecule has 0 saturated carbocycles. The van der Waals surface area contributed by atoms with E-state index in [-0.39, 0.29) is 18.3 Å². The Morgan fingerprint density at radius 1 is 1.00 bits per heavy atom. The maximum Gasteiger partial charge on any atom is 0.220 e. The topological polar surface area (TPSA) is 64.3 Å². The zero-order valence-corrected chi connectivity index (χ0v) is 15.5. The first kappa shape index (κ1) is 20.8. The summed E-state index contributed by atoms with van der Waals surface area (Å²) in [6, 6.07) is 15.7. The second-order valence-corrected chi connectivity index (χ2v) is 5.83. The molecule has 0 saturated heterocycles. The van der Waals surface area contributed by atoms with Crippen LogP contribution in [0.5, 0.6) is 5.75 Å². The number of carbonyl (C=O) groups excluding carboxylic acids is 1. The van der Waals surface area contributed by atoms with Crippen molar-refractivity contribution in [3.05, 3.63) is 59.7 Å². The van der Waals surface area contributed by atoms with Crippen LogP contribution < -0.4 is 15.8 Å². The smallest absolute Gasteiger partial charge is 0.220 e. The predicted molar refractivity (Wildman–Crippen MR) is 105 cm³/mol. The number of aryl methyl sites for hydroxylation is 1. The molecular weight excluding hydrogens is 336 g/mol. The van der Waals surface area contributed by atoms with E-state index in [1.165, 1.54) is 5.56 Å². The molecule has 3 N–H and O–H groups in total. The first-order valence-electron chi connectivity index (χ1n) is 8.50.